The van der Waals surface area contributed by atoms with Crippen molar-refractivity contribution in [2.75, 3.05) is 27.2 Å². The number of likely N-dealkylation sites (tertiary alicyclic amines) is 1. The number of hydrogen-bond acceptors (Lipinski definition) is 2. The molecule has 0 radical (unpaired) electrons. The first-order valence-electron chi connectivity index (χ1n) is 5.79. The number of benzene rings is 1. The van der Waals surface area contributed by atoms with E-state index < -0.39 is 0 Å². The predicted octanol–water partition coefficient (Wildman–Crippen LogP) is 2.07. The Bertz CT molecular complexity index is 402. The number of carbonyl (C=O) groups excluding carboxylic acids is 1. The molecule has 1 aromatic carbocycles. The van der Waals surface area contributed by atoms with Crippen LogP contribution in [0, 0.1) is 3.57 Å². The lowest BCUT2D eigenvalue weighted by molar-refractivity contribution is 0.0783. The second-order valence-corrected chi connectivity index (χ2v) is 5.91. The molecule has 0 bridgehead atoms. The van der Waals surface area contributed by atoms with Crippen LogP contribution in [0.3, 0.4) is 0 Å². The van der Waals surface area contributed by atoms with E-state index in [1.165, 1.54) is 0 Å². The molecule has 1 saturated heterocycles. The third kappa shape index (κ3) is 2.98. The maximum absolute atomic E-state index is 12.2. The lowest BCUT2D eigenvalue weighted by Gasteiger charge is -2.20. The summed E-state index contributed by atoms with van der Waals surface area (Å²) < 4.78 is 1.16. The second-order valence-electron chi connectivity index (χ2n) is 4.66. The number of hydrogen-bond donors (Lipinski definition) is 0. The zero-order valence-corrected chi connectivity index (χ0v) is 12.3. The average Bonchev–Trinajstić information content (AvgIpc) is 2.78. The number of likely N-dealkylation sites (N-methyl/N-ethyl adjacent to an activating group) is 1. The predicted molar refractivity (Wildman–Crippen MR) is 77.2 cm³/mol. The summed E-state index contributed by atoms with van der Waals surface area (Å²) in [6.07, 6.45) is 1.07. The van der Waals surface area contributed by atoms with Crippen molar-refractivity contribution in [3.63, 3.8) is 0 Å². The van der Waals surface area contributed by atoms with Gasteiger partial charge in [-0.3, -0.25) is 4.79 Å². The van der Waals surface area contributed by atoms with Crippen LogP contribution >= 0.6 is 22.6 Å². The van der Waals surface area contributed by atoms with Crippen LogP contribution < -0.4 is 0 Å². The highest BCUT2D eigenvalue weighted by atomic mass is 127. The molecule has 1 atom stereocenters. The van der Waals surface area contributed by atoms with Gasteiger partial charge in [0.1, 0.15) is 0 Å². The molecule has 0 spiro atoms. The Hall–Kier alpha value is -0.620. The van der Waals surface area contributed by atoms with E-state index >= 15 is 0 Å². The van der Waals surface area contributed by atoms with Crippen molar-refractivity contribution < 1.29 is 4.79 Å². The molecule has 1 unspecified atom stereocenters. The Morgan fingerprint density at radius 1 is 1.35 bits per heavy atom. The topological polar surface area (TPSA) is 23.6 Å². The van der Waals surface area contributed by atoms with Gasteiger partial charge in [0.15, 0.2) is 0 Å². The smallest absolute Gasteiger partial charge is 0.253 e. The van der Waals surface area contributed by atoms with Gasteiger partial charge in [-0.15, -0.1) is 0 Å². The summed E-state index contributed by atoms with van der Waals surface area (Å²) in [6.45, 7) is 1.71. The number of amides is 1. The quantitative estimate of drug-likeness (QED) is 0.767. The fourth-order valence-corrected chi connectivity index (χ4v) is 2.48. The summed E-state index contributed by atoms with van der Waals surface area (Å²) in [5.74, 6) is 0.158. The van der Waals surface area contributed by atoms with Crippen molar-refractivity contribution in [3.8, 4) is 0 Å². The van der Waals surface area contributed by atoms with Gasteiger partial charge in [0.05, 0.1) is 0 Å². The Kier molecular flexibility index (Phi) is 4.04. The first kappa shape index (κ1) is 12.8. The lowest BCUT2D eigenvalue weighted by Crippen LogP contribution is -2.34. The van der Waals surface area contributed by atoms with Crippen LogP contribution in [0.4, 0.5) is 0 Å². The second kappa shape index (κ2) is 5.35. The van der Waals surface area contributed by atoms with Crippen LogP contribution in [-0.2, 0) is 0 Å². The molecule has 17 heavy (non-hydrogen) atoms. The van der Waals surface area contributed by atoms with Crippen molar-refractivity contribution in [3.05, 3.63) is 33.4 Å². The van der Waals surface area contributed by atoms with E-state index in [1.807, 2.05) is 29.2 Å². The minimum Gasteiger partial charge on any atom is -0.337 e. The van der Waals surface area contributed by atoms with Gasteiger partial charge in [-0.2, -0.15) is 0 Å². The zero-order chi connectivity index (χ0) is 12.4. The van der Waals surface area contributed by atoms with Gasteiger partial charge >= 0.3 is 0 Å². The van der Waals surface area contributed by atoms with Gasteiger partial charge in [-0.1, -0.05) is 0 Å². The summed E-state index contributed by atoms with van der Waals surface area (Å²) in [5, 5.41) is 0. The molecular weight excluding hydrogens is 327 g/mol. The normalized spacial score (nSPS) is 20.0. The van der Waals surface area contributed by atoms with E-state index in [-0.39, 0.29) is 5.91 Å². The van der Waals surface area contributed by atoms with E-state index in [0.29, 0.717) is 6.04 Å². The van der Waals surface area contributed by atoms with E-state index in [9.17, 15) is 4.79 Å². The van der Waals surface area contributed by atoms with Crippen molar-refractivity contribution in [1.29, 1.82) is 0 Å². The molecule has 1 aliphatic rings. The summed E-state index contributed by atoms with van der Waals surface area (Å²) in [7, 11) is 4.15. The zero-order valence-electron chi connectivity index (χ0n) is 10.2. The fourth-order valence-electron chi connectivity index (χ4n) is 2.12. The van der Waals surface area contributed by atoms with E-state index in [1.54, 1.807) is 0 Å². The first-order chi connectivity index (χ1) is 8.08. The molecule has 0 aliphatic carbocycles. The minimum absolute atomic E-state index is 0.158. The number of halogens is 1. The molecule has 92 valence electrons. The Labute approximate surface area is 116 Å². The molecule has 0 N–H and O–H groups in total. The Morgan fingerprint density at radius 3 is 2.53 bits per heavy atom. The standard InChI is InChI=1S/C13H17IN2O/c1-15(2)12-7-8-16(9-12)13(17)10-3-5-11(14)6-4-10/h3-6,12H,7-9H2,1-2H3. The summed E-state index contributed by atoms with van der Waals surface area (Å²) >= 11 is 2.25. The van der Waals surface area contributed by atoms with Gasteiger partial charge < -0.3 is 9.80 Å². The SMILES string of the molecule is CN(C)C1CCN(C(=O)c2ccc(I)cc2)C1. The summed E-state index contributed by atoms with van der Waals surface area (Å²) in [5.41, 5.74) is 0.796. The number of nitrogens with zero attached hydrogens (tertiary/aromatic N) is 2. The largest absolute Gasteiger partial charge is 0.337 e. The van der Waals surface area contributed by atoms with Gasteiger partial charge in [0, 0.05) is 28.3 Å². The molecule has 0 saturated carbocycles. The van der Waals surface area contributed by atoms with Gasteiger partial charge in [-0.05, 0) is 67.4 Å². The number of rotatable bonds is 2. The average molecular weight is 344 g/mol. The van der Waals surface area contributed by atoms with Crippen LogP contribution in [-0.4, -0.2) is 48.9 Å². The van der Waals surface area contributed by atoms with E-state index in [2.05, 4.69) is 41.6 Å². The fraction of sp³-hybridized carbons (Fsp3) is 0.462. The molecule has 1 heterocycles. The van der Waals surface area contributed by atoms with Crippen LogP contribution in [0.25, 0.3) is 0 Å². The third-order valence-electron chi connectivity index (χ3n) is 3.27. The minimum atomic E-state index is 0.158. The molecule has 3 nitrogen and oxygen atoms in total. The van der Waals surface area contributed by atoms with Crippen LogP contribution in [0.2, 0.25) is 0 Å². The highest BCUT2D eigenvalue weighted by Crippen LogP contribution is 2.17. The van der Waals surface area contributed by atoms with Crippen LogP contribution in [0.15, 0.2) is 24.3 Å². The maximum atomic E-state index is 12.2. The molecule has 0 aromatic heterocycles. The van der Waals surface area contributed by atoms with Crippen LogP contribution in [0.5, 0.6) is 0 Å². The lowest BCUT2D eigenvalue weighted by atomic mass is 10.2. The van der Waals surface area contributed by atoms with Crippen molar-refractivity contribution in [2.45, 2.75) is 12.5 Å². The van der Waals surface area contributed by atoms with Gasteiger partial charge in [-0.25, -0.2) is 0 Å². The molecule has 2 rings (SSSR count). The molecule has 1 aromatic rings. The maximum Gasteiger partial charge on any atom is 0.253 e. The van der Waals surface area contributed by atoms with Crippen LogP contribution in [0.1, 0.15) is 16.8 Å². The van der Waals surface area contributed by atoms with Crippen molar-refractivity contribution in [2.24, 2.45) is 0 Å². The van der Waals surface area contributed by atoms with Gasteiger partial charge in [0.2, 0.25) is 0 Å². The first-order valence-corrected chi connectivity index (χ1v) is 6.87. The Balaban J connectivity index is 2.04. The third-order valence-corrected chi connectivity index (χ3v) is 3.99. The Morgan fingerprint density at radius 2 is 2.00 bits per heavy atom. The van der Waals surface area contributed by atoms with Crippen molar-refractivity contribution in [1.82, 2.24) is 9.80 Å². The molecule has 1 amide bonds. The van der Waals surface area contributed by atoms with Crippen molar-refractivity contribution >= 4 is 28.5 Å². The molecular formula is C13H17IN2O. The monoisotopic (exact) mass is 344 g/mol. The highest BCUT2D eigenvalue weighted by Gasteiger charge is 2.27. The highest BCUT2D eigenvalue weighted by molar-refractivity contribution is 14.1. The molecule has 1 aliphatic heterocycles. The number of carbonyl (C=O) groups is 1. The summed E-state index contributed by atoms with van der Waals surface area (Å²) in [6, 6.07) is 8.28. The van der Waals surface area contributed by atoms with E-state index in [4.69, 9.17) is 0 Å². The summed E-state index contributed by atoms with van der Waals surface area (Å²) in [4.78, 5) is 16.4. The van der Waals surface area contributed by atoms with Gasteiger partial charge in [0.25, 0.3) is 5.91 Å². The molecule has 4 heteroatoms. The molecule has 1 fully saturated rings. The van der Waals surface area contributed by atoms with E-state index in [0.717, 1.165) is 28.6 Å².